The second-order valence-electron chi connectivity index (χ2n) is 6.64. The Balaban J connectivity index is 1.60. The van der Waals surface area contributed by atoms with E-state index in [0.717, 1.165) is 38.4 Å². The van der Waals surface area contributed by atoms with E-state index in [1.807, 2.05) is 35.4 Å². The monoisotopic (exact) mass is 356 g/mol. The summed E-state index contributed by atoms with van der Waals surface area (Å²) in [5.41, 5.74) is 1.61. The maximum absolute atomic E-state index is 13.1. The molecule has 2 aliphatic heterocycles. The molecule has 2 aliphatic rings. The summed E-state index contributed by atoms with van der Waals surface area (Å²) in [4.78, 5) is 24.6. The zero-order valence-electron chi connectivity index (χ0n) is 14.7. The van der Waals surface area contributed by atoms with Crippen molar-refractivity contribution in [2.45, 2.75) is 12.1 Å². The molecule has 2 atom stereocenters. The third-order valence-corrected chi connectivity index (χ3v) is 5.01. The van der Waals surface area contributed by atoms with Crippen molar-refractivity contribution in [3.05, 3.63) is 54.1 Å². The molecule has 4 heterocycles. The topological polar surface area (TPSA) is 70.7 Å². The fourth-order valence-electron chi connectivity index (χ4n) is 3.72. The summed E-state index contributed by atoms with van der Waals surface area (Å²) < 4.78 is 11.6. The maximum atomic E-state index is 13.1. The van der Waals surface area contributed by atoms with E-state index >= 15 is 0 Å². The lowest BCUT2D eigenvalue weighted by Gasteiger charge is -2.43. The van der Waals surface area contributed by atoms with Gasteiger partial charge in [-0.2, -0.15) is 0 Å². The third kappa shape index (κ3) is 3.65. The Hall–Kier alpha value is -2.22. The van der Waals surface area contributed by atoms with E-state index in [1.54, 1.807) is 12.4 Å². The normalized spacial score (nSPS) is 24.5. The van der Waals surface area contributed by atoms with E-state index in [0.29, 0.717) is 18.8 Å². The molecule has 0 aliphatic carbocycles. The van der Waals surface area contributed by atoms with Gasteiger partial charge < -0.3 is 19.4 Å². The van der Waals surface area contributed by atoms with Gasteiger partial charge in [-0.05, 0) is 23.8 Å². The lowest BCUT2D eigenvalue weighted by molar-refractivity contribution is -0.0820. The van der Waals surface area contributed by atoms with E-state index in [4.69, 9.17) is 9.47 Å². The minimum atomic E-state index is -0.156. The largest absolute Gasteiger partial charge is 0.379 e. The molecule has 7 nitrogen and oxygen atoms in total. The Morgan fingerprint density at radius 3 is 2.81 bits per heavy atom. The number of hydrogen-bond donors (Lipinski definition) is 1. The Bertz CT molecular complexity index is 701. The first-order chi connectivity index (χ1) is 12.8. The second-order valence-corrected chi connectivity index (χ2v) is 6.64. The number of carbonyl (C=O) groups excluding carboxylic acids is 1. The lowest BCUT2D eigenvalue weighted by atomic mass is 9.98. The molecule has 0 unspecified atom stereocenters. The summed E-state index contributed by atoms with van der Waals surface area (Å²) in [6.07, 6.45) is 5.27. The zero-order chi connectivity index (χ0) is 17.8. The van der Waals surface area contributed by atoms with Gasteiger partial charge in [0, 0.05) is 44.8 Å². The molecule has 0 radical (unpaired) electrons. The molecule has 0 saturated carbocycles. The van der Waals surface area contributed by atoms with Crippen LogP contribution in [0.5, 0.6) is 0 Å². The average Bonchev–Trinajstić information content (AvgIpc) is 3.23. The number of carbonyl (C=O) groups is 1. The van der Waals surface area contributed by atoms with Gasteiger partial charge in [-0.15, -0.1) is 0 Å². The van der Waals surface area contributed by atoms with Crippen LogP contribution >= 0.6 is 0 Å². The highest BCUT2D eigenvalue weighted by Crippen LogP contribution is 2.31. The minimum absolute atomic E-state index is 0.000805. The summed E-state index contributed by atoms with van der Waals surface area (Å²) >= 11 is 0. The smallest absolute Gasteiger partial charge is 0.270 e. The number of aromatic nitrogens is 2. The molecule has 2 fully saturated rings. The average molecular weight is 356 g/mol. The quantitative estimate of drug-likeness (QED) is 0.895. The number of amides is 1. The van der Waals surface area contributed by atoms with E-state index in [9.17, 15) is 4.79 Å². The van der Waals surface area contributed by atoms with Crippen LogP contribution in [0.25, 0.3) is 0 Å². The van der Waals surface area contributed by atoms with Gasteiger partial charge in [-0.1, -0.05) is 6.07 Å². The van der Waals surface area contributed by atoms with E-state index < -0.39 is 0 Å². The highest BCUT2D eigenvalue weighted by atomic mass is 16.5. The Labute approximate surface area is 152 Å². The number of ether oxygens (including phenoxy) is 2. The second kappa shape index (κ2) is 7.99. The summed E-state index contributed by atoms with van der Waals surface area (Å²) in [5.74, 6) is -0.000805. The van der Waals surface area contributed by atoms with Crippen LogP contribution in [0.15, 0.2) is 42.9 Å². The zero-order valence-corrected chi connectivity index (χ0v) is 14.7. The van der Waals surface area contributed by atoms with Crippen LogP contribution in [0.1, 0.15) is 22.1 Å². The van der Waals surface area contributed by atoms with Crippen molar-refractivity contribution >= 4 is 5.91 Å². The van der Waals surface area contributed by atoms with Crippen LogP contribution in [0.3, 0.4) is 0 Å². The van der Waals surface area contributed by atoms with Gasteiger partial charge in [0.2, 0.25) is 0 Å². The first kappa shape index (κ1) is 17.2. The molecule has 0 aromatic carbocycles. The van der Waals surface area contributed by atoms with Gasteiger partial charge in [0.25, 0.3) is 5.91 Å². The first-order valence-corrected chi connectivity index (χ1v) is 9.09. The molecule has 0 bridgehead atoms. The van der Waals surface area contributed by atoms with Crippen molar-refractivity contribution in [2.24, 2.45) is 0 Å². The summed E-state index contributed by atoms with van der Waals surface area (Å²) in [7, 11) is 0. The molecule has 1 N–H and O–H groups in total. The molecule has 2 aromatic rings. The molecule has 138 valence electrons. The van der Waals surface area contributed by atoms with Crippen LogP contribution < -0.4 is 0 Å². The Morgan fingerprint density at radius 1 is 1.19 bits per heavy atom. The van der Waals surface area contributed by atoms with E-state index in [-0.39, 0.29) is 18.1 Å². The number of nitrogens with one attached hydrogen (secondary N) is 1. The van der Waals surface area contributed by atoms with Crippen molar-refractivity contribution in [1.82, 2.24) is 19.8 Å². The molecule has 7 heteroatoms. The number of pyridine rings is 1. The van der Waals surface area contributed by atoms with Gasteiger partial charge in [0.15, 0.2) is 0 Å². The maximum Gasteiger partial charge on any atom is 0.270 e. The van der Waals surface area contributed by atoms with Crippen LogP contribution in [0, 0.1) is 0 Å². The van der Waals surface area contributed by atoms with E-state index in [1.165, 1.54) is 0 Å². The summed E-state index contributed by atoms with van der Waals surface area (Å²) in [5, 5.41) is 0. The Morgan fingerprint density at radius 2 is 2.08 bits per heavy atom. The number of H-pyrrole nitrogens is 1. The van der Waals surface area contributed by atoms with Gasteiger partial charge >= 0.3 is 0 Å². The lowest BCUT2D eigenvalue weighted by Crippen LogP contribution is -2.53. The number of nitrogens with zero attached hydrogens (tertiary/aromatic N) is 3. The van der Waals surface area contributed by atoms with Crippen molar-refractivity contribution in [3.8, 4) is 0 Å². The minimum Gasteiger partial charge on any atom is -0.379 e. The predicted octanol–water partition coefficient (Wildman–Crippen LogP) is 1.32. The number of hydrogen-bond acceptors (Lipinski definition) is 5. The van der Waals surface area contributed by atoms with Gasteiger partial charge in [0.1, 0.15) is 5.69 Å². The fourth-order valence-corrected chi connectivity index (χ4v) is 3.72. The SMILES string of the molecule is O=C(c1ccc[nH]1)N1CCO[C@@H](CN2CCOCC2)[C@@H]1c1cccnc1. The van der Waals surface area contributed by atoms with Gasteiger partial charge in [-0.25, -0.2) is 0 Å². The van der Waals surface area contributed by atoms with Crippen LogP contribution in [0.2, 0.25) is 0 Å². The standard InChI is InChI=1S/C19H24N4O3/c24-19(16-4-2-6-21-16)23-9-12-26-17(14-22-7-10-25-11-8-22)18(23)15-3-1-5-20-13-15/h1-6,13,17-18,21H,7-12,14H2/t17-,18-/m0/s1. The number of morpholine rings is 2. The van der Waals surface area contributed by atoms with Crippen LogP contribution in [-0.2, 0) is 9.47 Å². The van der Waals surface area contributed by atoms with Crippen molar-refractivity contribution in [3.63, 3.8) is 0 Å². The fraction of sp³-hybridized carbons (Fsp3) is 0.474. The summed E-state index contributed by atoms with van der Waals surface area (Å²) in [6, 6.07) is 7.43. The molecule has 2 saturated heterocycles. The molecule has 26 heavy (non-hydrogen) atoms. The first-order valence-electron chi connectivity index (χ1n) is 9.09. The predicted molar refractivity (Wildman–Crippen MR) is 95.8 cm³/mol. The molecule has 4 rings (SSSR count). The highest BCUT2D eigenvalue weighted by molar-refractivity contribution is 5.92. The summed E-state index contributed by atoms with van der Waals surface area (Å²) in [6.45, 7) is 5.16. The molecular weight excluding hydrogens is 332 g/mol. The number of aromatic amines is 1. The van der Waals surface area contributed by atoms with Crippen molar-refractivity contribution < 1.29 is 14.3 Å². The van der Waals surface area contributed by atoms with Crippen molar-refractivity contribution in [2.75, 3.05) is 46.0 Å². The molecular formula is C19H24N4O3. The van der Waals surface area contributed by atoms with Crippen LogP contribution in [-0.4, -0.2) is 77.8 Å². The molecule has 2 aromatic heterocycles. The van der Waals surface area contributed by atoms with Gasteiger partial charge in [0.05, 0.1) is 32.0 Å². The van der Waals surface area contributed by atoms with Crippen LogP contribution in [0.4, 0.5) is 0 Å². The molecule has 1 amide bonds. The highest BCUT2D eigenvalue weighted by Gasteiger charge is 2.38. The third-order valence-electron chi connectivity index (χ3n) is 5.01. The Kier molecular flexibility index (Phi) is 5.29. The number of rotatable bonds is 4. The molecule has 0 spiro atoms. The van der Waals surface area contributed by atoms with Crippen molar-refractivity contribution in [1.29, 1.82) is 0 Å². The van der Waals surface area contributed by atoms with E-state index in [2.05, 4.69) is 14.9 Å². The van der Waals surface area contributed by atoms with Gasteiger partial charge in [-0.3, -0.25) is 14.7 Å².